The Morgan fingerprint density at radius 2 is 1.68 bits per heavy atom. The fourth-order valence-electron chi connectivity index (χ4n) is 2.97. The summed E-state index contributed by atoms with van der Waals surface area (Å²) in [7, 11) is 0. The van der Waals surface area contributed by atoms with Crippen molar-refractivity contribution in [1.29, 1.82) is 0 Å². The number of nitrogens with one attached hydrogen (secondary N) is 1. The van der Waals surface area contributed by atoms with E-state index in [0.717, 1.165) is 21.5 Å². The molecule has 0 unspecified atom stereocenters. The number of rotatable bonds is 7. The Labute approximate surface area is 191 Å². The van der Waals surface area contributed by atoms with Gasteiger partial charge in [-0.25, -0.2) is 4.39 Å². The molecule has 0 radical (unpaired) electrons. The Morgan fingerprint density at radius 3 is 2.42 bits per heavy atom. The summed E-state index contributed by atoms with van der Waals surface area (Å²) in [4.78, 5) is 12.4. The summed E-state index contributed by atoms with van der Waals surface area (Å²) in [5.41, 5.74) is 2.05. The van der Waals surface area contributed by atoms with E-state index in [9.17, 15) is 9.18 Å². The quantitative estimate of drug-likeness (QED) is 0.348. The predicted molar refractivity (Wildman–Crippen MR) is 123 cm³/mol. The molecule has 5 nitrogen and oxygen atoms in total. The highest BCUT2D eigenvalue weighted by Crippen LogP contribution is 2.26. The molecule has 0 saturated heterocycles. The van der Waals surface area contributed by atoms with Crippen LogP contribution < -0.4 is 5.32 Å². The number of thioether (sulfide) groups is 1. The van der Waals surface area contributed by atoms with Crippen LogP contribution in [0.4, 0.5) is 4.39 Å². The lowest BCUT2D eigenvalue weighted by atomic mass is 10.2. The van der Waals surface area contributed by atoms with Crippen LogP contribution in [0.3, 0.4) is 0 Å². The number of halogens is 2. The van der Waals surface area contributed by atoms with Crippen LogP contribution in [0, 0.1) is 5.82 Å². The summed E-state index contributed by atoms with van der Waals surface area (Å²) in [5, 5.41) is 12.1. The van der Waals surface area contributed by atoms with Crippen molar-refractivity contribution in [3.8, 4) is 5.69 Å². The maximum absolute atomic E-state index is 13.9. The Bertz CT molecular complexity index is 1180. The molecule has 0 fully saturated rings. The molecule has 0 bridgehead atoms. The first-order valence-corrected chi connectivity index (χ1v) is 11.3. The summed E-state index contributed by atoms with van der Waals surface area (Å²) in [5.74, 6) is 0.231. The Balaban J connectivity index is 1.55. The molecule has 8 heteroatoms. The number of hydrogen-bond donors (Lipinski definition) is 1. The van der Waals surface area contributed by atoms with E-state index in [1.165, 1.54) is 12.1 Å². The number of nitrogens with zero attached hydrogens (tertiary/aromatic N) is 3. The minimum atomic E-state index is -0.560. The molecule has 4 rings (SSSR count). The molecule has 31 heavy (non-hydrogen) atoms. The summed E-state index contributed by atoms with van der Waals surface area (Å²) in [6.45, 7) is 0.119. The lowest BCUT2D eigenvalue weighted by Gasteiger charge is -2.11. The average Bonchev–Trinajstić information content (AvgIpc) is 3.21. The molecular weight excluding hydrogens is 479 g/mol. The van der Waals surface area contributed by atoms with Gasteiger partial charge in [0, 0.05) is 15.9 Å². The van der Waals surface area contributed by atoms with Gasteiger partial charge in [0.05, 0.1) is 12.1 Å². The van der Waals surface area contributed by atoms with E-state index in [0.29, 0.717) is 11.0 Å². The predicted octanol–water partition coefficient (Wildman–Crippen LogP) is 5.39. The highest BCUT2D eigenvalue weighted by atomic mass is 79.9. The molecule has 0 spiro atoms. The van der Waals surface area contributed by atoms with Crippen LogP contribution in [0.1, 0.15) is 21.7 Å². The number of benzene rings is 3. The number of para-hydroxylation sites is 1. The van der Waals surface area contributed by atoms with E-state index in [1.807, 2.05) is 47.0 Å². The lowest BCUT2D eigenvalue weighted by Crippen LogP contribution is -2.25. The SMILES string of the molecule is O=C(NCc1nnc(SCc2ccc(Br)cc2)n1-c1ccccc1)c1ccccc1F. The molecule has 4 aromatic rings. The molecular formula is C23H18BrFN4OS. The average molecular weight is 497 g/mol. The third-order valence-corrected chi connectivity index (χ3v) is 6.05. The molecule has 0 aliphatic heterocycles. The molecule has 156 valence electrons. The van der Waals surface area contributed by atoms with E-state index in [4.69, 9.17) is 0 Å². The molecule has 1 aromatic heterocycles. The van der Waals surface area contributed by atoms with Gasteiger partial charge >= 0.3 is 0 Å². The van der Waals surface area contributed by atoms with E-state index < -0.39 is 11.7 Å². The van der Waals surface area contributed by atoms with Crippen LogP contribution in [0.15, 0.2) is 88.5 Å². The van der Waals surface area contributed by atoms with E-state index >= 15 is 0 Å². The van der Waals surface area contributed by atoms with Crippen LogP contribution in [0.5, 0.6) is 0 Å². The summed E-state index contributed by atoms with van der Waals surface area (Å²) < 4.78 is 16.8. The Hall–Kier alpha value is -2.97. The van der Waals surface area contributed by atoms with Gasteiger partial charge in [0.1, 0.15) is 5.82 Å². The number of hydrogen-bond acceptors (Lipinski definition) is 4. The van der Waals surface area contributed by atoms with Crippen molar-refractivity contribution < 1.29 is 9.18 Å². The van der Waals surface area contributed by atoms with Gasteiger partial charge in [-0.15, -0.1) is 10.2 Å². The molecule has 0 atom stereocenters. The van der Waals surface area contributed by atoms with E-state index in [-0.39, 0.29) is 12.1 Å². The lowest BCUT2D eigenvalue weighted by molar-refractivity contribution is 0.0945. The van der Waals surface area contributed by atoms with Gasteiger partial charge in [-0.1, -0.05) is 70.2 Å². The maximum Gasteiger partial charge on any atom is 0.254 e. The second kappa shape index (κ2) is 9.89. The summed E-state index contributed by atoms with van der Waals surface area (Å²) in [6, 6.07) is 23.7. The first kappa shape index (κ1) is 21.3. The zero-order valence-electron chi connectivity index (χ0n) is 16.3. The van der Waals surface area contributed by atoms with Gasteiger partial charge in [-0.3, -0.25) is 9.36 Å². The Kier molecular flexibility index (Phi) is 6.79. The van der Waals surface area contributed by atoms with Crippen molar-refractivity contribution in [2.45, 2.75) is 17.5 Å². The number of aromatic nitrogens is 3. The molecule has 1 heterocycles. The van der Waals surface area contributed by atoms with E-state index in [1.54, 1.807) is 23.9 Å². The summed E-state index contributed by atoms with van der Waals surface area (Å²) >= 11 is 5.00. The van der Waals surface area contributed by atoms with Gasteiger partial charge < -0.3 is 5.32 Å². The van der Waals surface area contributed by atoms with Crippen molar-refractivity contribution >= 4 is 33.6 Å². The van der Waals surface area contributed by atoms with Crippen LogP contribution in [0.2, 0.25) is 0 Å². The minimum Gasteiger partial charge on any atom is -0.345 e. The molecule has 1 amide bonds. The second-order valence-electron chi connectivity index (χ2n) is 6.65. The first-order chi connectivity index (χ1) is 15.1. The molecule has 0 aliphatic carbocycles. The second-order valence-corrected chi connectivity index (χ2v) is 8.51. The zero-order chi connectivity index (χ0) is 21.6. The smallest absolute Gasteiger partial charge is 0.254 e. The van der Waals surface area contributed by atoms with Crippen molar-refractivity contribution in [3.63, 3.8) is 0 Å². The Morgan fingerprint density at radius 1 is 0.968 bits per heavy atom. The standard InChI is InChI=1S/C23H18BrFN4OS/c24-17-12-10-16(11-13-17)15-31-23-28-27-21(29(23)18-6-2-1-3-7-18)14-26-22(30)19-8-4-5-9-20(19)25/h1-13H,14-15H2,(H,26,30). The van der Waals surface area contributed by atoms with Gasteiger partial charge in [-0.05, 0) is 42.0 Å². The molecule has 1 N–H and O–H groups in total. The normalized spacial score (nSPS) is 10.8. The largest absolute Gasteiger partial charge is 0.345 e. The van der Waals surface area contributed by atoms with Crippen molar-refractivity contribution in [1.82, 2.24) is 20.1 Å². The van der Waals surface area contributed by atoms with Crippen molar-refractivity contribution in [2.75, 3.05) is 0 Å². The van der Waals surface area contributed by atoms with Gasteiger partial charge in [0.25, 0.3) is 5.91 Å². The third kappa shape index (κ3) is 5.21. The molecule has 0 aliphatic rings. The van der Waals surface area contributed by atoms with Crippen molar-refractivity contribution in [2.24, 2.45) is 0 Å². The highest BCUT2D eigenvalue weighted by molar-refractivity contribution is 9.10. The van der Waals surface area contributed by atoms with Gasteiger partial charge in [-0.2, -0.15) is 0 Å². The molecule has 3 aromatic carbocycles. The van der Waals surface area contributed by atoms with E-state index in [2.05, 4.69) is 43.6 Å². The van der Waals surface area contributed by atoms with Crippen LogP contribution in [-0.2, 0) is 12.3 Å². The fraction of sp³-hybridized carbons (Fsp3) is 0.0870. The number of carbonyl (C=O) groups excluding carboxylic acids is 1. The van der Waals surface area contributed by atoms with Crippen molar-refractivity contribution in [3.05, 3.63) is 106 Å². The molecule has 0 saturated carbocycles. The summed E-state index contributed by atoms with van der Waals surface area (Å²) in [6.07, 6.45) is 0. The maximum atomic E-state index is 13.9. The van der Waals surface area contributed by atoms with Gasteiger partial charge in [0.15, 0.2) is 11.0 Å². The topological polar surface area (TPSA) is 59.8 Å². The third-order valence-electron chi connectivity index (χ3n) is 4.52. The van der Waals surface area contributed by atoms with Crippen LogP contribution >= 0.6 is 27.7 Å². The zero-order valence-corrected chi connectivity index (χ0v) is 18.7. The van der Waals surface area contributed by atoms with Crippen LogP contribution in [-0.4, -0.2) is 20.7 Å². The van der Waals surface area contributed by atoms with Gasteiger partial charge in [0.2, 0.25) is 0 Å². The van der Waals surface area contributed by atoms with Crippen LogP contribution in [0.25, 0.3) is 5.69 Å². The number of carbonyl (C=O) groups is 1. The highest BCUT2D eigenvalue weighted by Gasteiger charge is 2.17. The monoisotopic (exact) mass is 496 g/mol. The number of amides is 1. The first-order valence-electron chi connectivity index (χ1n) is 9.51. The minimum absolute atomic E-state index is 0.00175. The fourth-order valence-corrected chi connectivity index (χ4v) is 4.16.